The predicted molar refractivity (Wildman–Crippen MR) is 219 cm³/mol. The molecule has 0 atom stereocenters. The Morgan fingerprint density at radius 2 is 0.593 bits per heavy atom. The Bertz CT molecular complexity index is 2170. The molecule has 0 nitrogen and oxygen atoms in total. The van der Waals surface area contributed by atoms with Crippen molar-refractivity contribution in [3.05, 3.63) is 161 Å². The van der Waals surface area contributed by atoms with E-state index in [1.165, 1.54) is 42.3 Å². The molecule has 0 saturated heterocycles. The standard InChI is InChI=1S/C28H20F6.C16H16Br2.C2H6/c1-13-5-7-19(17-9-21(29)27(33)22(30)10-17)15(3)25(13)26-14(2)6-8-20(16(26)4)18-11-23(31)28(34)24(32)12-18;1-9-5-7-13(17)11(3)15(9)16-10(2)6-8-14(18)12(16)4;1-2/h5-12H,1-4H3;5-8H,1-4H3;1-2H3. The Morgan fingerprint density at radius 1 is 0.352 bits per heavy atom. The number of rotatable bonds is 4. The first kappa shape index (κ1) is 42.6. The molecule has 6 aromatic carbocycles. The molecule has 8 heteroatoms. The van der Waals surface area contributed by atoms with Crippen molar-refractivity contribution in [3.8, 4) is 44.5 Å². The van der Waals surface area contributed by atoms with Gasteiger partial charge < -0.3 is 0 Å². The normalized spacial score (nSPS) is 10.8. The molecule has 0 heterocycles. The molecule has 0 aliphatic heterocycles. The summed E-state index contributed by atoms with van der Waals surface area (Å²) >= 11 is 7.27. The van der Waals surface area contributed by atoms with E-state index >= 15 is 0 Å². The molecular weight excluding hydrogens is 826 g/mol. The van der Waals surface area contributed by atoms with Crippen LogP contribution >= 0.6 is 31.9 Å². The SMILES string of the molecule is CC.Cc1ccc(-c2cc(F)c(F)c(F)c2)c(C)c1-c1c(C)ccc(-c2cc(F)c(F)c(F)c2)c1C.Cc1ccc(Br)c(C)c1-c1c(C)ccc(Br)c1C. The summed E-state index contributed by atoms with van der Waals surface area (Å²) in [6.07, 6.45) is 0. The van der Waals surface area contributed by atoms with E-state index < -0.39 is 34.9 Å². The van der Waals surface area contributed by atoms with Crippen LogP contribution in [-0.4, -0.2) is 0 Å². The smallest absolute Gasteiger partial charge is 0.194 e. The zero-order valence-corrected chi connectivity index (χ0v) is 35.1. The highest BCUT2D eigenvalue weighted by Gasteiger charge is 2.21. The Hall–Kier alpha value is -4.14. The van der Waals surface area contributed by atoms with Crippen molar-refractivity contribution in [1.82, 2.24) is 0 Å². The van der Waals surface area contributed by atoms with Crippen molar-refractivity contribution in [2.75, 3.05) is 0 Å². The zero-order chi connectivity index (χ0) is 40.3. The molecule has 6 aromatic rings. The Kier molecular flexibility index (Phi) is 13.8. The van der Waals surface area contributed by atoms with E-state index in [0.717, 1.165) is 46.5 Å². The van der Waals surface area contributed by atoms with Crippen LogP contribution < -0.4 is 0 Å². The molecule has 54 heavy (non-hydrogen) atoms. The topological polar surface area (TPSA) is 0 Å². The van der Waals surface area contributed by atoms with E-state index in [2.05, 4.69) is 83.8 Å². The second-order valence-electron chi connectivity index (χ2n) is 13.1. The van der Waals surface area contributed by atoms with Gasteiger partial charge in [-0.3, -0.25) is 0 Å². The van der Waals surface area contributed by atoms with Crippen molar-refractivity contribution < 1.29 is 26.3 Å². The Morgan fingerprint density at radius 3 is 0.870 bits per heavy atom. The van der Waals surface area contributed by atoms with Crippen molar-refractivity contribution in [3.63, 3.8) is 0 Å². The first-order valence-corrected chi connectivity index (χ1v) is 19.0. The van der Waals surface area contributed by atoms with Crippen molar-refractivity contribution in [2.45, 2.75) is 69.2 Å². The van der Waals surface area contributed by atoms with Crippen LogP contribution in [0.4, 0.5) is 26.3 Å². The van der Waals surface area contributed by atoms with Crippen LogP contribution in [0.25, 0.3) is 44.5 Å². The summed E-state index contributed by atoms with van der Waals surface area (Å²) in [5, 5.41) is 0. The quantitative estimate of drug-likeness (QED) is 0.122. The van der Waals surface area contributed by atoms with E-state index in [4.69, 9.17) is 0 Å². The molecule has 6 rings (SSSR count). The molecule has 282 valence electrons. The molecule has 0 aliphatic carbocycles. The van der Waals surface area contributed by atoms with Gasteiger partial charge in [-0.05, 0) is 181 Å². The minimum atomic E-state index is -1.54. The molecule has 0 radical (unpaired) electrons. The van der Waals surface area contributed by atoms with Crippen LogP contribution in [-0.2, 0) is 0 Å². The van der Waals surface area contributed by atoms with Gasteiger partial charge in [0.25, 0.3) is 0 Å². The van der Waals surface area contributed by atoms with Gasteiger partial charge in [-0.1, -0.05) is 82.1 Å². The lowest BCUT2D eigenvalue weighted by molar-refractivity contribution is 0.447. The molecule has 0 saturated carbocycles. The molecule has 0 spiro atoms. The van der Waals surface area contributed by atoms with Crippen LogP contribution in [0.5, 0.6) is 0 Å². The summed E-state index contributed by atoms with van der Waals surface area (Å²) in [7, 11) is 0. The summed E-state index contributed by atoms with van der Waals surface area (Å²) < 4.78 is 85.0. The lowest BCUT2D eigenvalue weighted by Gasteiger charge is -2.21. The summed E-state index contributed by atoms with van der Waals surface area (Å²) in [4.78, 5) is 0. The van der Waals surface area contributed by atoms with E-state index in [-0.39, 0.29) is 11.1 Å². The molecular formula is C46H42Br2F6. The van der Waals surface area contributed by atoms with Crippen molar-refractivity contribution in [2.24, 2.45) is 0 Å². The van der Waals surface area contributed by atoms with Gasteiger partial charge in [0, 0.05) is 8.95 Å². The average Bonchev–Trinajstić information content (AvgIpc) is 3.13. The zero-order valence-electron chi connectivity index (χ0n) is 32.0. The molecule has 0 N–H and O–H groups in total. The lowest BCUT2D eigenvalue weighted by Crippen LogP contribution is -2.00. The molecule has 0 unspecified atom stereocenters. The van der Waals surface area contributed by atoms with E-state index in [9.17, 15) is 26.3 Å². The van der Waals surface area contributed by atoms with Crippen molar-refractivity contribution in [1.29, 1.82) is 0 Å². The minimum Gasteiger partial charge on any atom is -0.204 e. The number of hydrogen-bond donors (Lipinski definition) is 0. The molecule has 0 aromatic heterocycles. The number of benzene rings is 6. The summed E-state index contributed by atoms with van der Waals surface area (Å²) in [6, 6.07) is 19.4. The number of hydrogen-bond acceptors (Lipinski definition) is 0. The third-order valence-corrected chi connectivity index (χ3v) is 11.4. The molecule has 0 aliphatic rings. The summed E-state index contributed by atoms with van der Waals surface area (Å²) in [6.45, 7) is 20.0. The minimum absolute atomic E-state index is 0.185. The summed E-state index contributed by atoms with van der Waals surface area (Å²) in [5.41, 5.74) is 14.0. The second kappa shape index (κ2) is 17.5. The van der Waals surface area contributed by atoms with Crippen molar-refractivity contribution >= 4 is 31.9 Å². The highest BCUT2D eigenvalue weighted by Crippen LogP contribution is 2.42. The van der Waals surface area contributed by atoms with Crippen LogP contribution in [0, 0.1) is 90.3 Å². The third-order valence-electron chi connectivity index (χ3n) is 9.65. The van der Waals surface area contributed by atoms with Gasteiger partial charge in [-0.2, -0.15) is 0 Å². The first-order valence-electron chi connectivity index (χ1n) is 17.5. The van der Waals surface area contributed by atoms with Gasteiger partial charge in [0.1, 0.15) is 0 Å². The first-order chi connectivity index (χ1) is 25.4. The van der Waals surface area contributed by atoms with Gasteiger partial charge >= 0.3 is 0 Å². The van der Waals surface area contributed by atoms with Gasteiger partial charge in [0.2, 0.25) is 0 Å². The highest BCUT2D eigenvalue weighted by molar-refractivity contribution is 9.10. The van der Waals surface area contributed by atoms with Crippen LogP contribution in [0.1, 0.15) is 58.4 Å². The van der Waals surface area contributed by atoms with E-state index in [1.54, 1.807) is 38.1 Å². The van der Waals surface area contributed by atoms with Gasteiger partial charge in [-0.25, -0.2) is 26.3 Å². The molecule has 0 amide bonds. The van der Waals surface area contributed by atoms with E-state index in [0.29, 0.717) is 22.3 Å². The largest absolute Gasteiger partial charge is 0.204 e. The maximum atomic E-state index is 13.9. The number of aryl methyl sites for hydroxylation is 4. The fourth-order valence-corrected chi connectivity index (χ4v) is 7.58. The maximum absolute atomic E-state index is 13.9. The summed E-state index contributed by atoms with van der Waals surface area (Å²) in [5.74, 6) is -8.21. The Balaban J connectivity index is 0.000000273. The second-order valence-corrected chi connectivity index (χ2v) is 14.8. The average molecular weight is 869 g/mol. The van der Waals surface area contributed by atoms with Gasteiger partial charge in [-0.15, -0.1) is 0 Å². The van der Waals surface area contributed by atoms with Crippen LogP contribution in [0.2, 0.25) is 0 Å². The predicted octanol–water partition coefficient (Wildman–Crippen LogP) is 15.9. The highest BCUT2D eigenvalue weighted by atomic mass is 79.9. The van der Waals surface area contributed by atoms with Crippen LogP contribution in [0.3, 0.4) is 0 Å². The number of halogens is 8. The maximum Gasteiger partial charge on any atom is 0.194 e. The molecule has 0 bridgehead atoms. The monoisotopic (exact) mass is 866 g/mol. The van der Waals surface area contributed by atoms with Crippen LogP contribution in [0.15, 0.2) is 81.7 Å². The fraction of sp³-hybridized carbons (Fsp3) is 0.217. The fourth-order valence-electron chi connectivity index (χ4n) is 6.92. The van der Waals surface area contributed by atoms with Gasteiger partial charge in [0.05, 0.1) is 0 Å². The lowest BCUT2D eigenvalue weighted by atomic mass is 9.83. The third kappa shape index (κ3) is 8.40. The van der Waals surface area contributed by atoms with E-state index in [1.807, 2.05) is 27.7 Å². The molecule has 0 fully saturated rings. The Labute approximate surface area is 331 Å². The van der Waals surface area contributed by atoms with Gasteiger partial charge in [0.15, 0.2) is 34.9 Å².